The number of amides is 1. The van der Waals surface area contributed by atoms with E-state index in [9.17, 15) is 4.79 Å². The number of carbonyl (C=O) groups is 1. The lowest BCUT2D eigenvalue weighted by molar-refractivity contribution is -0.120. The Balaban J connectivity index is 3.04. The molecule has 0 bridgehead atoms. The molecule has 0 saturated heterocycles. The number of halogens is 1. The molecule has 4 nitrogen and oxygen atoms in total. The minimum absolute atomic E-state index is 0.249. The molecule has 0 heterocycles. The maximum atomic E-state index is 11.7. The second-order valence-corrected chi connectivity index (χ2v) is 3.80. The molecule has 1 atom stereocenters. The standard InChI is InChI=1S/C12H16ClNO3/c1-4-14-12(15)11(13)9-7-8(16-2)5-6-10(9)17-3/h5-7,11H,4H2,1-3H3,(H,14,15). The minimum atomic E-state index is -0.792. The number of ether oxygens (including phenoxy) is 2. The highest BCUT2D eigenvalue weighted by Crippen LogP contribution is 2.32. The summed E-state index contributed by atoms with van der Waals surface area (Å²) in [5.41, 5.74) is 0.597. The van der Waals surface area contributed by atoms with Crippen molar-refractivity contribution in [2.75, 3.05) is 20.8 Å². The zero-order valence-electron chi connectivity index (χ0n) is 10.1. The lowest BCUT2D eigenvalue weighted by atomic mass is 10.1. The summed E-state index contributed by atoms with van der Waals surface area (Å²) in [4.78, 5) is 11.7. The van der Waals surface area contributed by atoms with E-state index in [1.807, 2.05) is 6.92 Å². The maximum Gasteiger partial charge on any atom is 0.242 e. The van der Waals surface area contributed by atoms with Gasteiger partial charge in [-0.05, 0) is 25.1 Å². The van der Waals surface area contributed by atoms with Gasteiger partial charge < -0.3 is 14.8 Å². The van der Waals surface area contributed by atoms with Crippen LogP contribution in [0.1, 0.15) is 17.9 Å². The van der Waals surface area contributed by atoms with E-state index in [-0.39, 0.29) is 5.91 Å². The molecule has 1 aromatic rings. The van der Waals surface area contributed by atoms with E-state index in [1.165, 1.54) is 7.11 Å². The molecular formula is C12H16ClNO3. The monoisotopic (exact) mass is 257 g/mol. The van der Waals surface area contributed by atoms with Crippen molar-refractivity contribution in [1.82, 2.24) is 5.32 Å². The van der Waals surface area contributed by atoms with Gasteiger partial charge in [0.2, 0.25) is 5.91 Å². The molecule has 1 rings (SSSR count). The summed E-state index contributed by atoms with van der Waals surface area (Å²) >= 11 is 6.10. The number of benzene rings is 1. The lowest BCUT2D eigenvalue weighted by Gasteiger charge is -2.14. The van der Waals surface area contributed by atoms with Crippen LogP contribution < -0.4 is 14.8 Å². The molecule has 0 saturated carbocycles. The highest BCUT2D eigenvalue weighted by atomic mass is 35.5. The van der Waals surface area contributed by atoms with E-state index in [1.54, 1.807) is 25.3 Å². The van der Waals surface area contributed by atoms with Gasteiger partial charge in [0.05, 0.1) is 14.2 Å². The molecule has 0 radical (unpaired) electrons. The van der Waals surface area contributed by atoms with Crippen molar-refractivity contribution in [1.29, 1.82) is 0 Å². The molecule has 0 aliphatic carbocycles. The molecule has 1 N–H and O–H groups in total. The van der Waals surface area contributed by atoms with Crippen LogP contribution in [-0.2, 0) is 4.79 Å². The molecule has 0 spiro atoms. The Kier molecular flexibility index (Phi) is 5.10. The molecule has 5 heteroatoms. The van der Waals surface area contributed by atoms with Crippen LogP contribution in [0.2, 0.25) is 0 Å². The van der Waals surface area contributed by atoms with Gasteiger partial charge in [-0.15, -0.1) is 11.6 Å². The number of rotatable bonds is 5. The van der Waals surface area contributed by atoms with Crippen molar-refractivity contribution in [3.05, 3.63) is 23.8 Å². The van der Waals surface area contributed by atoms with Gasteiger partial charge in [0, 0.05) is 12.1 Å². The van der Waals surface area contributed by atoms with Crippen molar-refractivity contribution >= 4 is 17.5 Å². The first kappa shape index (κ1) is 13.6. The summed E-state index contributed by atoms with van der Waals surface area (Å²) in [5.74, 6) is 0.952. The molecule has 0 aliphatic rings. The Bertz CT molecular complexity index is 395. The highest BCUT2D eigenvalue weighted by Gasteiger charge is 2.21. The van der Waals surface area contributed by atoms with Gasteiger partial charge in [-0.1, -0.05) is 0 Å². The number of nitrogens with one attached hydrogen (secondary N) is 1. The fourth-order valence-corrected chi connectivity index (χ4v) is 1.69. The van der Waals surface area contributed by atoms with Gasteiger partial charge in [0.15, 0.2) is 0 Å². The molecular weight excluding hydrogens is 242 g/mol. The van der Waals surface area contributed by atoms with E-state index >= 15 is 0 Å². The second-order valence-electron chi connectivity index (χ2n) is 3.37. The zero-order chi connectivity index (χ0) is 12.8. The predicted molar refractivity (Wildman–Crippen MR) is 66.8 cm³/mol. The van der Waals surface area contributed by atoms with E-state index in [0.717, 1.165) is 0 Å². The van der Waals surface area contributed by atoms with Gasteiger partial charge >= 0.3 is 0 Å². The Hall–Kier alpha value is -1.42. The number of hydrogen-bond donors (Lipinski definition) is 1. The molecule has 0 aromatic heterocycles. The molecule has 0 fully saturated rings. The number of likely N-dealkylation sites (N-methyl/N-ethyl adjacent to an activating group) is 1. The summed E-state index contributed by atoms with van der Waals surface area (Å²) in [5, 5.41) is 1.87. The Morgan fingerprint density at radius 1 is 1.41 bits per heavy atom. The number of alkyl halides is 1. The van der Waals surface area contributed by atoms with Gasteiger partial charge in [0.1, 0.15) is 16.9 Å². The summed E-state index contributed by atoms with van der Waals surface area (Å²) in [7, 11) is 3.09. The Morgan fingerprint density at radius 3 is 2.65 bits per heavy atom. The van der Waals surface area contributed by atoms with Crippen LogP contribution in [-0.4, -0.2) is 26.7 Å². The summed E-state index contributed by atoms with van der Waals surface area (Å²) in [6, 6.07) is 5.18. The van der Waals surface area contributed by atoms with Crippen molar-refractivity contribution in [3.8, 4) is 11.5 Å². The smallest absolute Gasteiger partial charge is 0.242 e. The van der Waals surface area contributed by atoms with Crippen molar-refractivity contribution in [2.45, 2.75) is 12.3 Å². The van der Waals surface area contributed by atoms with Crippen LogP contribution in [0.15, 0.2) is 18.2 Å². The van der Waals surface area contributed by atoms with Gasteiger partial charge in [-0.25, -0.2) is 0 Å². The fraction of sp³-hybridized carbons (Fsp3) is 0.417. The third kappa shape index (κ3) is 3.27. The average Bonchev–Trinajstić information content (AvgIpc) is 2.37. The molecule has 94 valence electrons. The number of carbonyl (C=O) groups excluding carboxylic acids is 1. The number of hydrogen-bond acceptors (Lipinski definition) is 3. The highest BCUT2D eigenvalue weighted by molar-refractivity contribution is 6.31. The van der Waals surface area contributed by atoms with Crippen LogP contribution in [0.4, 0.5) is 0 Å². The van der Waals surface area contributed by atoms with E-state index in [2.05, 4.69) is 5.32 Å². The first-order valence-corrected chi connectivity index (χ1v) is 5.71. The maximum absolute atomic E-state index is 11.7. The Labute approximate surface area is 106 Å². The van der Waals surface area contributed by atoms with Crippen LogP contribution in [0.5, 0.6) is 11.5 Å². The SMILES string of the molecule is CCNC(=O)C(Cl)c1cc(OC)ccc1OC. The first-order chi connectivity index (χ1) is 8.13. The molecule has 17 heavy (non-hydrogen) atoms. The largest absolute Gasteiger partial charge is 0.497 e. The van der Waals surface area contributed by atoms with E-state index in [0.29, 0.717) is 23.6 Å². The van der Waals surface area contributed by atoms with Crippen LogP contribution in [0, 0.1) is 0 Å². The summed E-state index contributed by atoms with van der Waals surface area (Å²) in [6.45, 7) is 2.37. The summed E-state index contributed by atoms with van der Waals surface area (Å²) in [6.07, 6.45) is 0. The number of methoxy groups -OCH3 is 2. The molecule has 1 amide bonds. The third-order valence-electron chi connectivity index (χ3n) is 2.29. The molecule has 0 aliphatic heterocycles. The zero-order valence-corrected chi connectivity index (χ0v) is 10.9. The fourth-order valence-electron chi connectivity index (χ4n) is 1.44. The quantitative estimate of drug-likeness (QED) is 0.822. The Morgan fingerprint density at radius 2 is 2.12 bits per heavy atom. The average molecular weight is 258 g/mol. The predicted octanol–water partition coefficient (Wildman–Crippen LogP) is 2.12. The molecule has 1 unspecified atom stereocenters. The van der Waals surface area contributed by atoms with E-state index in [4.69, 9.17) is 21.1 Å². The topological polar surface area (TPSA) is 47.6 Å². The molecule has 1 aromatic carbocycles. The normalized spacial score (nSPS) is 11.8. The van der Waals surface area contributed by atoms with Crippen molar-refractivity contribution < 1.29 is 14.3 Å². The van der Waals surface area contributed by atoms with Crippen molar-refractivity contribution in [2.24, 2.45) is 0 Å². The lowest BCUT2D eigenvalue weighted by Crippen LogP contribution is -2.26. The van der Waals surface area contributed by atoms with Gasteiger partial charge in [-0.3, -0.25) is 4.79 Å². The summed E-state index contributed by atoms with van der Waals surface area (Å²) < 4.78 is 10.3. The van der Waals surface area contributed by atoms with Crippen LogP contribution >= 0.6 is 11.6 Å². The van der Waals surface area contributed by atoms with Crippen molar-refractivity contribution in [3.63, 3.8) is 0 Å². The van der Waals surface area contributed by atoms with Gasteiger partial charge in [0.25, 0.3) is 0 Å². The van der Waals surface area contributed by atoms with Crippen LogP contribution in [0.25, 0.3) is 0 Å². The second kappa shape index (κ2) is 6.35. The van der Waals surface area contributed by atoms with Crippen LogP contribution in [0.3, 0.4) is 0 Å². The van der Waals surface area contributed by atoms with Gasteiger partial charge in [-0.2, -0.15) is 0 Å². The third-order valence-corrected chi connectivity index (χ3v) is 2.72. The first-order valence-electron chi connectivity index (χ1n) is 5.27. The minimum Gasteiger partial charge on any atom is -0.497 e. The van der Waals surface area contributed by atoms with E-state index < -0.39 is 5.38 Å².